The first kappa shape index (κ1) is 23.5. The Morgan fingerprint density at radius 3 is 2.31 bits per heavy atom. The lowest BCUT2D eigenvalue weighted by molar-refractivity contribution is 0.102. The van der Waals surface area contributed by atoms with Crippen LogP contribution < -0.4 is 10.1 Å². The van der Waals surface area contributed by atoms with Crippen molar-refractivity contribution in [2.24, 2.45) is 0 Å². The molecule has 0 spiro atoms. The van der Waals surface area contributed by atoms with E-state index in [4.69, 9.17) is 27.9 Å². The van der Waals surface area contributed by atoms with Gasteiger partial charge in [0.25, 0.3) is 5.91 Å². The first-order valence-corrected chi connectivity index (χ1v) is 11.4. The molecule has 0 heterocycles. The summed E-state index contributed by atoms with van der Waals surface area (Å²) in [5, 5.41) is 3.30. The summed E-state index contributed by atoms with van der Waals surface area (Å²) in [6.45, 7) is 7.88. The summed E-state index contributed by atoms with van der Waals surface area (Å²) in [6, 6.07) is 8.91. The molecule has 158 valence electrons. The molecular weight excluding hydrogens is 435 g/mol. The Hall–Kier alpha value is -1.80. The average Bonchev–Trinajstić information content (AvgIpc) is 2.63. The van der Waals surface area contributed by atoms with Gasteiger partial charge in [0.15, 0.2) is 0 Å². The van der Waals surface area contributed by atoms with E-state index < -0.39 is 15.9 Å². The fraction of sp³-hybridized carbons (Fsp3) is 0.350. The van der Waals surface area contributed by atoms with Crippen LogP contribution in [0.2, 0.25) is 10.0 Å². The molecule has 2 rings (SSSR count). The normalized spacial score (nSPS) is 11.7. The summed E-state index contributed by atoms with van der Waals surface area (Å²) in [4.78, 5) is 12.8. The molecule has 0 aliphatic heterocycles. The highest BCUT2D eigenvalue weighted by Crippen LogP contribution is 2.31. The van der Waals surface area contributed by atoms with Gasteiger partial charge in [0.2, 0.25) is 10.0 Å². The van der Waals surface area contributed by atoms with Gasteiger partial charge in [-0.15, -0.1) is 0 Å². The van der Waals surface area contributed by atoms with Crippen LogP contribution in [0.3, 0.4) is 0 Å². The van der Waals surface area contributed by atoms with Crippen LogP contribution in [0.1, 0.15) is 38.1 Å². The van der Waals surface area contributed by atoms with Crippen LogP contribution in [-0.2, 0) is 10.0 Å². The molecule has 0 unspecified atom stereocenters. The fourth-order valence-electron chi connectivity index (χ4n) is 2.70. The first-order valence-electron chi connectivity index (χ1n) is 9.17. The third kappa shape index (κ3) is 5.63. The van der Waals surface area contributed by atoms with Crippen LogP contribution in [0, 0.1) is 0 Å². The van der Waals surface area contributed by atoms with Gasteiger partial charge in [-0.3, -0.25) is 4.79 Å². The highest BCUT2D eigenvalue weighted by molar-refractivity contribution is 7.89. The molecule has 6 nitrogen and oxygen atoms in total. The van der Waals surface area contributed by atoms with Gasteiger partial charge in [0, 0.05) is 18.1 Å². The maximum Gasteiger partial charge on any atom is 0.257 e. The van der Waals surface area contributed by atoms with E-state index in [1.807, 2.05) is 13.8 Å². The van der Waals surface area contributed by atoms with E-state index in [-0.39, 0.29) is 27.3 Å². The van der Waals surface area contributed by atoms with Crippen molar-refractivity contribution in [3.63, 3.8) is 0 Å². The lowest BCUT2D eigenvalue weighted by Gasteiger charge is -2.20. The van der Waals surface area contributed by atoms with E-state index in [1.165, 1.54) is 34.6 Å². The Morgan fingerprint density at radius 2 is 1.76 bits per heavy atom. The molecule has 0 bridgehead atoms. The minimum atomic E-state index is -3.70. The summed E-state index contributed by atoms with van der Waals surface area (Å²) in [7, 11) is -3.70. The average molecular weight is 459 g/mol. The van der Waals surface area contributed by atoms with Crippen molar-refractivity contribution >= 4 is 44.8 Å². The molecule has 1 N–H and O–H groups in total. The van der Waals surface area contributed by atoms with Crippen molar-refractivity contribution < 1.29 is 17.9 Å². The predicted octanol–water partition coefficient (Wildman–Crippen LogP) is 5.06. The third-order valence-electron chi connectivity index (χ3n) is 4.08. The van der Waals surface area contributed by atoms with Gasteiger partial charge in [-0.25, -0.2) is 8.42 Å². The Labute approximate surface area is 181 Å². The summed E-state index contributed by atoms with van der Waals surface area (Å²) in [6.07, 6.45) is -0.171. The number of hydrogen-bond acceptors (Lipinski definition) is 4. The molecule has 0 saturated heterocycles. The van der Waals surface area contributed by atoms with Crippen molar-refractivity contribution in [3.8, 4) is 5.75 Å². The molecule has 29 heavy (non-hydrogen) atoms. The van der Waals surface area contributed by atoms with Crippen LogP contribution in [0.15, 0.2) is 41.3 Å². The Kier molecular flexibility index (Phi) is 7.94. The van der Waals surface area contributed by atoms with E-state index in [0.29, 0.717) is 23.9 Å². The largest absolute Gasteiger partial charge is 0.489 e. The lowest BCUT2D eigenvalue weighted by atomic mass is 10.2. The van der Waals surface area contributed by atoms with Crippen molar-refractivity contribution in [2.45, 2.75) is 38.7 Å². The monoisotopic (exact) mass is 458 g/mol. The summed E-state index contributed by atoms with van der Waals surface area (Å²) < 4.78 is 32.8. The number of nitrogens with one attached hydrogen (secondary N) is 1. The zero-order valence-corrected chi connectivity index (χ0v) is 19.0. The van der Waals surface area contributed by atoms with E-state index in [0.717, 1.165) is 0 Å². The zero-order valence-electron chi connectivity index (χ0n) is 16.7. The van der Waals surface area contributed by atoms with E-state index >= 15 is 0 Å². The lowest BCUT2D eigenvalue weighted by Crippen LogP contribution is -2.30. The van der Waals surface area contributed by atoms with Gasteiger partial charge in [-0.2, -0.15) is 4.31 Å². The molecule has 0 radical (unpaired) electrons. The first-order chi connectivity index (χ1) is 13.6. The molecule has 0 saturated carbocycles. The third-order valence-corrected chi connectivity index (χ3v) is 6.67. The maximum absolute atomic E-state index is 12.9. The maximum atomic E-state index is 12.9. The fourth-order valence-corrected chi connectivity index (χ4v) is 4.68. The number of ether oxygens (including phenoxy) is 1. The highest BCUT2D eigenvalue weighted by atomic mass is 35.5. The number of anilines is 1. The van der Waals surface area contributed by atoms with Gasteiger partial charge in [0.1, 0.15) is 5.75 Å². The molecule has 0 aliphatic rings. The van der Waals surface area contributed by atoms with Crippen LogP contribution in [-0.4, -0.2) is 37.8 Å². The number of carbonyl (C=O) groups is 1. The molecule has 1 amide bonds. The molecule has 0 aliphatic carbocycles. The number of halogens is 2. The summed E-state index contributed by atoms with van der Waals surface area (Å²) >= 11 is 12.0. The SMILES string of the molecule is CCN(CC)S(=O)(=O)c1ccc(OC(C)C)c(NC(=O)c2ccc(Cl)cc2Cl)c1. The Balaban J connectivity index is 2.48. The Bertz CT molecular complexity index is 990. The number of carbonyl (C=O) groups excluding carboxylic acids is 1. The number of rotatable bonds is 8. The number of benzene rings is 2. The van der Waals surface area contributed by atoms with Crippen molar-refractivity contribution in [2.75, 3.05) is 18.4 Å². The second kappa shape index (κ2) is 9.80. The molecule has 2 aromatic rings. The van der Waals surface area contributed by atoms with Crippen LogP contribution in [0.4, 0.5) is 5.69 Å². The van der Waals surface area contributed by atoms with Gasteiger partial charge in [-0.1, -0.05) is 37.0 Å². The van der Waals surface area contributed by atoms with Crippen LogP contribution >= 0.6 is 23.2 Å². The van der Waals surface area contributed by atoms with Gasteiger partial charge < -0.3 is 10.1 Å². The number of nitrogens with zero attached hydrogens (tertiary/aromatic N) is 1. The van der Waals surface area contributed by atoms with Crippen molar-refractivity contribution in [1.29, 1.82) is 0 Å². The molecule has 9 heteroatoms. The second-order valence-corrected chi connectivity index (χ2v) is 9.27. The second-order valence-electron chi connectivity index (χ2n) is 6.49. The minimum absolute atomic E-state index is 0.0646. The molecule has 0 atom stereocenters. The van der Waals surface area contributed by atoms with Gasteiger partial charge in [0.05, 0.1) is 27.3 Å². The number of sulfonamides is 1. The van der Waals surface area contributed by atoms with E-state index in [2.05, 4.69) is 5.32 Å². The molecule has 0 fully saturated rings. The Morgan fingerprint density at radius 1 is 1.10 bits per heavy atom. The van der Waals surface area contributed by atoms with Gasteiger partial charge in [-0.05, 0) is 50.2 Å². The van der Waals surface area contributed by atoms with Crippen molar-refractivity contribution in [1.82, 2.24) is 4.31 Å². The van der Waals surface area contributed by atoms with Gasteiger partial charge >= 0.3 is 0 Å². The minimum Gasteiger partial charge on any atom is -0.489 e. The van der Waals surface area contributed by atoms with Crippen molar-refractivity contribution in [3.05, 3.63) is 52.0 Å². The topological polar surface area (TPSA) is 75.7 Å². The summed E-state index contributed by atoms with van der Waals surface area (Å²) in [5.74, 6) is -0.144. The predicted molar refractivity (Wildman–Crippen MR) is 117 cm³/mol. The smallest absolute Gasteiger partial charge is 0.257 e. The van der Waals surface area contributed by atoms with Crippen LogP contribution in [0.25, 0.3) is 0 Å². The molecule has 2 aromatic carbocycles. The number of hydrogen-bond donors (Lipinski definition) is 1. The molecule has 0 aromatic heterocycles. The zero-order chi connectivity index (χ0) is 21.8. The quantitative estimate of drug-likeness (QED) is 0.599. The standard InChI is InChI=1S/C20H24Cl2N2O4S/c1-5-24(6-2)29(26,27)15-8-10-19(28-13(3)4)18(12-15)23-20(25)16-9-7-14(21)11-17(16)22/h7-13H,5-6H2,1-4H3,(H,23,25). The van der Waals surface area contributed by atoms with E-state index in [1.54, 1.807) is 19.9 Å². The number of amides is 1. The highest BCUT2D eigenvalue weighted by Gasteiger charge is 2.24. The van der Waals surface area contributed by atoms with E-state index in [9.17, 15) is 13.2 Å². The van der Waals surface area contributed by atoms with Crippen LogP contribution in [0.5, 0.6) is 5.75 Å². The molecular formula is C20H24Cl2N2O4S. The summed E-state index contributed by atoms with van der Waals surface area (Å²) in [5.41, 5.74) is 0.450.